The standard InChI is InChI=1S/C24H27N7O3/c1-16-13-18(4-6-20(16)34-19-5-3-17(2)25-14-19)28-22-21-23(27-15-26-22)29-30-24(21)33-12-9-31-7-10-32-11-8-31/h3-6,13-15H,7-12H2,1-2H3,(H2,26,27,28,29,30). The maximum absolute atomic E-state index is 5.99. The monoisotopic (exact) mass is 461 g/mol. The molecule has 0 spiro atoms. The van der Waals surface area contributed by atoms with Gasteiger partial charge in [0.25, 0.3) is 0 Å². The van der Waals surface area contributed by atoms with Gasteiger partial charge >= 0.3 is 0 Å². The number of aryl methyl sites for hydroxylation is 2. The van der Waals surface area contributed by atoms with Crippen molar-refractivity contribution in [2.24, 2.45) is 0 Å². The maximum atomic E-state index is 5.99. The van der Waals surface area contributed by atoms with Crippen LogP contribution in [0.3, 0.4) is 0 Å². The first-order valence-electron chi connectivity index (χ1n) is 11.3. The van der Waals surface area contributed by atoms with Crippen LogP contribution in [0.4, 0.5) is 11.5 Å². The topological polar surface area (TPSA) is 110 Å². The molecule has 0 atom stereocenters. The number of morpholine rings is 1. The predicted octanol–water partition coefficient (Wildman–Crippen LogP) is 3.61. The summed E-state index contributed by atoms with van der Waals surface area (Å²) >= 11 is 0. The number of benzene rings is 1. The van der Waals surface area contributed by atoms with Gasteiger partial charge in [-0.3, -0.25) is 15.0 Å². The maximum Gasteiger partial charge on any atom is 0.246 e. The zero-order valence-electron chi connectivity index (χ0n) is 19.2. The number of fused-ring (bicyclic) bond motifs is 1. The van der Waals surface area contributed by atoms with E-state index in [1.807, 2.05) is 44.2 Å². The number of aromatic amines is 1. The molecule has 1 saturated heterocycles. The number of ether oxygens (including phenoxy) is 3. The zero-order valence-corrected chi connectivity index (χ0v) is 19.2. The van der Waals surface area contributed by atoms with E-state index >= 15 is 0 Å². The molecule has 1 aliphatic heterocycles. The summed E-state index contributed by atoms with van der Waals surface area (Å²) in [5.41, 5.74) is 3.41. The van der Waals surface area contributed by atoms with Gasteiger partial charge < -0.3 is 19.5 Å². The lowest BCUT2D eigenvalue weighted by atomic mass is 10.2. The lowest BCUT2D eigenvalue weighted by molar-refractivity contribution is 0.0321. The summed E-state index contributed by atoms with van der Waals surface area (Å²) in [6.45, 7) is 8.63. The molecule has 0 bridgehead atoms. The SMILES string of the molecule is Cc1ccc(Oc2ccc(Nc3ncnc4[nH]nc(OCCN5CCOCC5)c34)cc2C)cn1. The normalized spacial score (nSPS) is 14.3. The average Bonchev–Trinajstić information content (AvgIpc) is 3.27. The van der Waals surface area contributed by atoms with E-state index in [1.165, 1.54) is 6.33 Å². The van der Waals surface area contributed by atoms with E-state index in [-0.39, 0.29) is 0 Å². The Morgan fingerprint density at radius 1 is 1.09 bits per heavy atom. The molecule has 5 rings (SSSR count). The van der Waals surface area contributed by atoms with Crippen molar-refractivity contribution in [1.29, 1.82) is 0 Å². The highest BCUT2D eigenvalue weighted by atomic mass is 16.5. The average molecular weight is 462 g/mol. The van der Waals surface area contributed by atoms with Crippen LogP contribution in [-0.2, 0) is 4.74 Å². The number of rotatable bonds is 8. The number of pyridine rings is 1. The quantitative estimate of drug-likeness (QED) is 0.406. The van der Waals surface area contributed by atoms with Crippen LogP contribution in [-0.4, -0.2) is 69.5 Å². The van der Waals surface area contributed by atoms with Crippen molar-refractivity contribution in [1.82, 2.24) is 30.0 Å². The number of anilines is 2. The van der Waals surface area contributed by atoms with Gasteiger partial charge in [-0.1, -0.05) is 0 Å². The Hall–Kier alpha value is -3.76. The van der Waals surface area contributed by atoms with E-state index < -0.39 is 0 Å². The number of hydrogen-bond donors (Lipinski definition) is 2. The van der Waals surface area contributed by atoms with E-state index in [1.54, 1.807) is 6.20 Å². The predicted molar refractivity (Wildman–Crippen MR) is 128 cm³/mol. The fourth-order valence-corrected chi connectivity index (χ4v) is 3.75. The number of aromatic nitrogens is 5. The molecular formula is C24H27N7O3. The molecule has 2 N–H and O–H groups in total. The molecule has 0 aliphatic carbocycles. The van der Waals surface area contributed by atoms with Crippen molar-refractivity contribution in [2.75, 3.05) is 44.8 Å². The molecule has 0 amide bonds. The lowest BCUT2D eigenvalue weighted by Gasteiger charge is -2.26. The summed E-state index contributed by atoms with van der Waals surface area (Å²) in [4.78, 5) is 15.3. The minimum absolute atomic E-state index is 0.481. The number of nitrogens with one attached hydrogen (secondary N) is 2. The Morgan fingerprint density at radius 3 is 2.76 bits per heavy atom. The smallest absolute Gasteiger partial charge is 0.246 e. The van der Waals surface area contributed by atoms with Gasteiger partial charge in [-0.15, -0.1) is 5.10 Å². The molecule has 0 radical (unpaired) electrons. The second-order valence-electron chi connectivity index (χ2n) is 8.12. The Labute approximate surface area is 197 Å². The van der Waals surface area contributed by atoms with Crippen LogP contribution >= 0.6 is 0 Å². The highest BCUT2D eigenvalue weighted by molar-refractivity contribution is 5.92. The molecule has 10 heteroatoms. The van der Waals surface area contributed by atoms with Crippen molar-refractivity contribution >= 4 is 22.5 Å². The molecule has 1 aromatic carbocycles. The first-order chi connectivity index (χ1) is 16.7. The highest BCUT2D eigenvalue weighted by Crippen LogP contribution is 2.32. The van der Waals surface area contributed by atoms with Gasteiger partial charge in [-0.2, -0.15) is 0 Å². The molecular weight excluding hydrogens is 434 g/mol. The minimum atomic E-state index is 0.481. The van der Waals surface area contributed by atoms with E-state index in [4.69, 9.17) is 14.2 Å². The molecule has 0 saturated carbocycles. The van der Waals surface area contributed by atoms with Crippen LogP contribution < -0.4 is 14.8 Å². The van der Waals surface area contributed by atoms with Crippen molar-refractivity contribution in [3.05, 3.63) is 54.1 Å². The summed E-state index contributed by atoms with van der Waals surface area (Å²) in [5.74, 6) is 2.56. The summed E-state index contributed by atoms with van der Waals surface area (Å²) in [6, 6.07) is 9.70. The molecule has 3 aromatic heterocycles. The Balaban J connectivity index is 1.29. The third-order valence-electron chi connectivity index (χ3n) is 5.62. The van der Waals surface area contributed by atoms with Gasteiger partial charge in [0.15, 0.2) is 5.65 Å². The third kappa shape index (κ3) is 5.08. The fourth-order valence-electron chi connectivity index (χ4n) is 3.75. The van der Waals surface area contributed by atoms with Gasteiger partial charge in [-0.05, 0) is 49.7 Å². The molecule has 10 nitrogen and oxygen atoms in total. The van der Waals surface area contributed by atoms with Gasteiger partial charge in [0.1, 0.15) is 35.6 Å². The summed E-state index contributed by atoms with van der Waals surface area (Å²) < 4.78 is 17.4. The number of nitrogens with zero attached hydrogens (tertiary/aromatic N) is 5. The van der Waals surface area contributed by atoms with Crippen LogP contribution in [0.2, 0.25) is 0 Å². The van der Waals surface area contributed by atoms with Gasteiger partial charge in [-0.25, -0.2) is 9.97 Å². The van der Waals surface area contributed by atoms with Gasteiger partial charge in [0.05, 0.1) is 19.4 Å². The van der Waals surface area contributed by atoms with E-state index in [9.17, 15) is 0 Å². The van der Waals surface area contributed by atoms with Crippen LogP contribution in [0.15, 0.2) is 42.9 Å². The van der Waals surface area contributed by atoms with E-state index in [0.717, 1.165) is 55.5 Å². The molecule has 1 aliphatic rings. The zero-order chi connectivity index (χ0) is 23.3. The minimum Gasteiger partial charge on any atom is -0.475 e. The van der Waals surface area contributed by atoms with Gasteiger partial charge in [0.2, 0.25) is 5.88 Å². The Morgan fingerprint density at radius 2 is 1.97 bits per heavy atom. The molecule has 4 aromatic rings. The molecule has 4 heterocycles. The van der Waals surface area contributed by atoms with Crippen molar-refractivity contribution in [3.8, 4) is 17.4 Å². The van der Waals surface area contributed by atoms with E-state index in [2.05, 4.69) is 35.4 Å². The second-order valence-corrected chi connectivity index (χ2v) is 8.12. The van der Waals surface area contributed by atoms with Crippen molar-refractivity contribution in [2.45, 2.75) is 13.8 Å². The Kier molecular flexibility index (Phi) is 6.50. The summed E-state index contributed by atoms with van der Waals surface area (Å²) in [6.07, 6.45) is 3.22. The molecule has 0 unspecified atom stereocenters. The lowest BCUT2D eigenvalue weighted by Crippen LogP contribution is -2.38. The van der Waals surface area contributed by atoms with Gasteiger partial charge in [0, 0.05) is 31.0 Å². The van der Waals surface area contributed by atoms with Crippen molar-refractivity contribution < 1.29 is 14.2 Å². The summed E-state index contributed by atoms with van der Waals surface area (Å²) in [7, 11) is 0. The van der Waals surface area contributed by atoms with Crippen LogP contribution in [0.1, 0.15) is 11.3 Å². The fraction of sp³-hybridized carbons (Fsp3) is 0.333. The second kappa shape index (κ2) is 10.0. The summed E-state index contributed by atoms with van der Waals surface area (Å²) in [5, 5.41) is 11.3. The first kappa shape index (κ1) is 22.1. The largest absolute Gasteiger partial charge is 0.475 e. The first-order valence-corrected chi connectivity index (χ1v) is 11.3. The number of H-pyrrole nitrogens is 1. The molecule has 34 heavy (non-hydrogen) atoms. The highest BCUT2D eigenvalue weighted by Gasteiger charge is 2.16. The van der Waals surface area contributed by atoms with Crippen LogP contribution in [0.5, 0.6) is 17.4 Å². The van der Waals surface area contributed by atoms with Crippen LogP contribution in [0, 0.1) is 13.8 Å². The van der Waals surface area contributed by atoms with Crippen molar-refractivity contribution in [3.63, 3.8) is 0 Å². The third-order valence-corrected chi connectivity index (χ3v) is 5.62. The molecule has 1 fully saturated rings. The number of hydrogen-bond acceptors (Lipinski definition) is 9. The van der Waals surface area contributed by atoms with E-state index in [0.29, 0.717) is 35.1 Å². The van der Waals surface area contributed by atoms with Crippen LogP contribution in [0.25, 0.3) is 11.0 Å². The Bertz CT molecular complexity index is 1250. The molecule has 176 valence electrons.